The van der Waals surface area contributed by atoms with Crippen molar-refractivity contribution in [1.82, 2.24) is 10.2 Å². The topological polar surface area (TPSA) is 78.9 Å². The number of ether oxygens (including phenoxy) is 1. The highest BCUT2D eigenvalue weighted by molar-refractivity contribution is 6.30. The highest BCUT2D eigenvalue weighted by atomic mass is 35.5. The van der Waals surface area contributed by atoms with E-state index in [-0.39, 0.29) is 30.1 Å². The zero-order valence-corrected chi connectivity index (χ0v) is 15.1. The zero-order valence-electron chi connectivity index (χ0n) is 14.4. The van der Waals surface area contributed by atoms with Crippen LogP contribution in [0.2, 0.25) is 5.02 Å². The van der Waals surface area contributed by atoms with E-state index in [2.05, 4.69) is 5.32 Å². The lowest BCUT2D eigenvalue weighted by Gasteiger charge is -2.28. The smallest absolute Gasteiger partial charge is 0.411 e. The number of hydrogen-bond donors (Lipinski definition) is 2. The van der Waals surface area contributed by atoms with Crippen molar-refractivity contribution in [2.24, 2.45) is 0 Å². The standard InChI is InChI=1S/C17H22ClFN2O4/c1-17(2,3)25-16(24)21-8-7-12(22)14(21)15(23)20-9-10-5-4-6-11(18)13(10)19/h4-6,12,14,22H,7-9H2,1-3H3,(H,20,23)/t12-,14-/m0/s1. The molecule has 25 heavy (non-hydrogen) atoms. The largest absolute Gasteiger partial charge is 0.444 e. The number of aliphatic hydroxyl groups excluding tert-OH is 1. The van der Waals surface area contributed by atoms with Crippen LogP contribution in [0.4, 0.5) is 9.18 Å². The maximum atomic E-state index is 13.9. The summed E-state index contributed by atoms with van der Waals surface area (Å²) in [5.41, 5.74) is -0.493. The summed E-state index contributed by atoms with van der Waals surface area (Å²) in [6, 6.07) is 3.41. The second kappa shape index (κ2) is 7.58. The molecular formula is C17H22ClFN2O4. The number of carbonyl (C=O) groups excluding carboxylic acids is 2. The number of nitrogens with one attached hydrogen (secondary N) is 1. The van der Waals surface area contributed by atoms with Crippen molar-refractivity contribution in [3.05, 3.63) is 34.6 Å². The molecule has 0 spiro atoms. The third-order valence-corrected chi connectivity index (χ3v) is 4.04. The molecule has 1 heterocycles. The third-order valence-electron chi connectivity index (χ3n) is 3.75. The Bertz CT molecular complexity index is 663. The van der Waals surface area contributed by atoms with Gasteiger partial charge in [0.25, 0.3) is 0 Å². The van der Waals surface area contributed by atoms with Gasteiger partial charge in [-0.05, 0) is 33.3 Å². The molecule has 2 rings (SSSR count). The van der Waals surface area contributed by atoms with Crippen molar-refractivity contribution in [2.45, 2.75) is 51.5 Å². The average molecular weight is 373 g/mol. The summed E-state index contributed by atoms with van der Waals surface area (Å²) < 4.78 is 19.1. The van der Waals surface area contributed by atoms with Crippen LogP contribution in [-0.2, 0) is 16.1 Å². The molecule has 1 aromatic carbocycles. The Balaban J connectivity index is 2.05. The summed E-state index contributed by atoms with van der Waals surface area (Å²) in [7, 11) is 0. The molecule has 0 unspecified atom stereocenters. The summed E-state index contributed by atoms with van der Waals surface area (Å²) in [6.07, 6.45) is -1.40. The number of aliphatic hydroxyl groups is 1. The van der Waals surface area contributed by atoms with Crippen molar-refractivity contribution < 1.29 is 23.8 Å². The van der Waals surface area contributed by atoms with Gasteiger partial charge in [-0.15, -0.1) is 0 Å². The van der Waals surface area contributed by atoms with E-state index in [0.29, 0.717) is 0 Å². The van der Waals surface area contributed by atoms with E-state index in [4.69, 9.17) is 16.3 Å². The quantitative estimate of drug-likeness (QED) is 0.854. The van der Waals surface area contributed by atoms with E-state index in [1.807, 2.05) is 0 Å². The Morgan fingerprint density at radius 1 is 1.44 bits per heavy atom. The first-order chi connectivity index (χ1) is 11.6. The molecule has 0 saturated carbocycles. The van der Waals surface area contributed by atoms with Crippen molar-refractivity contribution in [3.8, 4) is 0 Å². The minimum atomic E-state index is -1.07. The maximum absolute atomic E-state index is 13.9. The van der Waals surface area contributed by atoms with E-state index >= 15 is 0 Å². The van der Waals surface area contributed by atoms with Gasteiger partial charge in [0.1, 0.15) is 17.5 Å². The molecule has 1 saturated heterocycles. The lowest BCUT2D eigenvalue weighted by atomic mass is 10.1. The van der Waals surface area contributed by atoms with Crippen molar-refractivity contribution in [2.75, 3.05) is 6.54 Å². The minimum absolute atomic E-state index is 0.0389. The Labute approximate surface area is 150 Å². The molecule has 0 bridgehead atoms. The molecule has 6 nitrogen and oxygen atoms in total. The molecule has 1 fully saturated rings. The average Bonchev–Trinajstić information content (AvgIpc) is 2.89. The molecule has 2 amide bonds. The second-order valence-electron chi connectivity index (χ2n) is 6.91. The fraction of sp³-hybridized carbons (Fsp3) is 0.529. The van der Waals surface area contributed by atoms with Crippen LogP contribution in [0.15, 0.2) is 18.2 Å². The minimum Gasteiger partial charge on any atom is -0.444 e. The number of carbonyl (C=O) groups is 2. The monoisotopic (exact) mass is 372 g/mol. The third kappa shape index (κ3) is 4.83. The van der Waals surface area contributed by atoms with Gasteiger partial charge in [0, 0.05) is 18.7 Å². The molecule has 0 radical (unpaired) electrons. The van der Waals surface area contributed by atoms with Crippen LogP contribution in [0.3, 0.4) is 0 Å². The van der Waals surface area contributed by atoms with Crippen LogP contribution in [0.1, 0.15) is 32.8 Å². The summed E-state index contributed by atoms with van der Waals surface area (Å²) in [5, 5.41) is 12.6. The van der Waals surface area contributed by atoms with Gasteiger partial charge in [0.2, 0.25) is 5.91 Å². The first kappa shape index (κ1) is 19.5. The maximum Gasteiger partial charge on any atom is 0.411 e. The molecule has 1 aromatic rings. The van der Waals surface area contributed by atoms with Crippen LogP contribution in [0.5, 0.6) is 0 Å². The number of likely N-dealkylation sites (tertiary alicyclic amines) is 1. The lowest BCUT2D eigenvalue weighted by Crippen LogP contribution is -2.51. The Morgan fingerprint density at radius 3 is 2.76 bits per heavy atom. The Hall–Kier alpha value is -1.86. The Morgan fingerprint density at radius 2 is 2.12 bits per heavy atom. The Kier molecular flexibility index (Phi) is 5.90. The van der Waals surface area contributed by atoms with Gasteiger partial charge in [-0.3, -0.25) is 9.69 Å². The number of hydrogen-bond acceptors (Lipinski definition) is 4. The molecule has 2 N–H and O–H groups in total. The van der Waals surface area contributed by atoms with Gasteiger partial charge in [0.15, 0.2) is 0 Å². The van der Waals surface area contributed by atoms with E-state index in [1.54, 1.807) is 26.8 Å². The molecule has 0 aromatic heterocycles. The van der Waals surface area contributed by atoms with E-state index in [9.17, 15) is 19.1 Å². The van der Waals surface area contributed by atoms with Crippen molar-refractivity contribution in [3.63, 3.8) is 0 Å². The number of rotatable bonds is 3. The summed E-state index contributed by atoms with van der Waals surface area (Å²) in [6.45, 7) is 5.26. The van der Waals surface area contributed by atoms with Crippen LogP contribution in [0, 0.1) is 5.82 Å². The molecule has 1 aliphatic heterocycles. The van der Waals surface area contributed by atoms with Gasteiger partial charge in [-0.1, -0.05) is 23.7 Å². The molecule has 8 heteroatoms. The SMILES string of the molecule is CC(C)(C)OC(=O)N1CC[C@H](O)[C@H]1C(=O)NCc1cccc(Cl)c1F. The van der Waals surface area contributed by atoms with Gasteiger partial charge >= 0.3 is 6.09 Å². The normalized spacial score (nSPS) is 20.5. The van der Waals surface area contributed by atoms with Gasteiger partial charge in [-0.25, -0.2) is 9.18 Å². The van der Waals surface area contributed by atoms with Gasteiger partial charge in [0.05, 0.1) is 11.1 Å². The highest BCUT2D eigenvalue weighted by Crippen LogP contribution is 2.22. The van der Waals surface area contributed by atoms with Crippen LogP contribution < -0.4 is 5.32 Å². The number of nitrogens with zero attached hydrogens (tertiary/aromatic N) is 1. The van der Waals surface area contributed by atoms with Gasteiger partial charge in [-0.2, -0.15) is 0 Å². The highest BCUT2D eigenvalue weighted by Gasteiger charge is 2.42. The molecule has 138 valence electrons. The van der Waals surface area contributed by atoms with Crippen molar-refractivity contribution in [1.29, 1.82) is 0 Å². The van der Waals surface area contributed by atoms with Crippen molar-refractivity contribution >= 4 is 23.6 Å². The second-order valence-corrected chi connectivity index (χ2v) is 7.31. The predicted octanol–water partition coefficient (Wildman–Crippen LogP) is 2.47. The summed E-state index contributed by atoms with van der Waals surface area (Å²) in [5.74, 6) is -1.18. The molecule has 0 aliphatic carbocycles. The fourth-order valence-electron chi connectivity index (χ4n) is 2.59. The van der Waals surface area contributed by atoms with Crippen LogP contribution >= 0.6 is 11.6 Å². The fourth-order valence-corrected chi connectivity index (χ4v) is 2.78. The van der Waals surface area contributed by atoms with Crippen LogP contribution in [0.25, 0.3) is 0 Å². The number of halogens is 2. The molecular weight excluding hydrogens is 351 g/mol. The van der Waals surface area contributed by atoms with Gasteiger partial charge < -0.3 is 15.2 Å². The number of benzene rings is 1. The van der Waals surface area contributed by atoms with E-state index in [1.165, 1.54) is 17.0 Å². The summed E-state index contributed by atoms with van der Waals surface area (Å²) in [4.78, 5) is 25.9. The van der Waals surface area contributed by atoms with E-state index < -0.39 is 35.6 Å². The number of amides is 2. The first-order valence-electron chi connectivity index (χ1n) is 7.98. The predicted molar refractivity (Wildman–Crippen MR) is 90.6 cm³/mol. The molecule has 2 atom stereocenters. The van der Waals surface area contributed by atoms with Crippen LogP contribution in [-0.4, -0.2) is 46.3 Å². The van der Waals surface area contributed by atoms with E-state index in [0.717, 1.165) is 0 Å². The lowest BCUT2D eigenvalue weighted by molar-refractivity contribution is -0.128. The molecule has 1 aliphatic rings. The zero-order chi connectivity index (χ0) is 18.8. The first-order valence-corrected chi connectivity index (χ1v) is 8.36. The summed E-state index contributed by atoms with van der Waals surface area (Å²) >= 11 is 5.71.